The number of ketones is 1. The largest absolute Gasteiger partial charge is 0.481 e. The normalized spacial score (nSPS) is 12.5. The second kappa shape index (κ2) is 5.67. The van der Waals surface area contributed by atoms with Crippen LogP contribution in [0.15, 0.2) is 30.5 Å². The van der Waals surface area contributed by atoms with Crippen LogP contribution in [0.4, 0.5) is 0 Å². The molecule has 2 rings (SSSR count). The molecule has 0 aliphatic rings. The van der Waals surface area contributed by atoms with Gasteiger partial charge in [0.1, 0.15) is 5.78 Å². The lowest BCUT2D eigenvalue weighted by Gasteiger charge is -2.07. The number of aromatic amines is 1. The van der Waals surface area contributed by atoms with Crippen LogP contribution in [-0.4, -0.2) is 27.9 Å². The van der Waals surface area contributed by atoms with Gasteiger partial charge in [0.2, 0.25) is 0 Å². The summed E-state index contributed by atoms with van der Waals surface area (Å²) < 4.78 is 0. The van der Waals surface area contributed by atoms with Crippen molar-refractivity contribution in [1.82, 2.24) is 4.98 Å². The molecule has 0 bridgehead atoms. The van der Waals surface area contributed by atoms with Crippen molar-refractivity contribution in [3.8, 4) is 0 Å². The van der Waals surface area contributed by atoms with Crippen LogP contribution in [0.1, 0.15) is 18.4 Å². The highest BCUT2D eigenvalue weighted by atomic mass is 16.4. The Morgan fingerprint density at radius 3 is 2.79 bits per heavy atom. The minimum Gasteiger partial charge on any atom is -0.481 e. The molecule has 1 aromatic heterocycles. The number of nitrogens with one attached hydrogen (secondary N) is 1. The van der Waals surface area contributed by atoms with Gasteiger partial charge in [-0.25, -0.2) is 0 Å². The summed E-state index contributed by atoms with van der Waals surface area (Å²) >= 11 is 0. The van der Waals surface area contributed by atoms with Crippen molar-refractivity contribution < 1.29 is 14.7 Å². The number of benzene rings is 1. The number of hydrogen-bond acceptors (Lipinski definition) is 3. The zero-order valence-electron chi connectivity index (χ0n) is 10.4. The highest BCUT2D eigenvalue weighted by molar-refractivity contribution is 5.89. The minimum atomic E-state index is -1.05. The van der Waals surface area contributed by atoms with Crippen LogP contribution in [0.3, 0.4) is 0 Å². The van der Waals surface area contributed by atoms with E-state index in [4.69, 9.17) is 10.8 Å². The highest BCUT2D eigenvalue weighted by Gasteiger charge is 2.17. The second-order valence-electron chi connectivity index (χ2n) is 4.53. The first kappa shape index (κ1) is 13.3. The molecular weight excluding hydrogens is 244 g/mol. The number of carboxylic acid groups (broad SMARTS) is 1. The lowest BCUT2D eigenvalue weighted by Crippen LogP contribution is -2.33. The molecule has 0 spiro atoms. The SMILES string of the molecule is N[C@@H](CC(=O)O)C(=O)CCc1c[nH]c2ccccc12. The predicted octanol–water partition coefficient (Wildman–Crippen LogP) is 1.47. The molecule has 0 aliphatic heterocycles. The molecule has 0 saturated carbocycles. The molecule has 5 nitrogen and oxygen atoms in total. The number of carbonyl (C=O) groups is 2. The van der Waals surface area contributed by atoms with E-state index >= 15 is 0 Å². The number of aliphatic carboxylic acids is 1. The summed E-state index contributed by atoms with van der Waals surface area (Å²) in [6, 6.07) is 6.93. The fourth-order valence-electron chi connectivity index (χ4n) is 2.08. The van der Waals surface area contributed by atoms with Crippen LogP contribution in [0.2, 0.25) is 0 Å². The number of nitrogens with two attached hydrogens (primary N) is 1. The van der Waals surface area contributed by atoms with Crippen LogP contribution in [0, 0.1) is 0 Å². The van der Waals surface area contributed by atoms with Gasteiger partial charge in [-0.05, 0) is 18.1 Å². The Morgan fingerprint density at radius 2 is 2.05 bits per heavy atom. The minimum absolute atomic E-state index is 0.215. The summed E-state index contributed by atoms with van der Waals surface area (Å²) in [7, 11) is 0. The Kier molecular flexibility index (Phi) is 3.97. The number of Topliss-reactive ketones (excluding diaryl/α,β-unsaturated/α-hetero) is 1. The smallest absolute Gasteiger partial charge is 0.305 e. The van der Waals surface area contributed by atoms with Crippen molar-refractivity contribution in [3.63, 3.8) is 0 Å². The van der Waals surface area contributed by atoms with E-state index < -0.39 is 12.0 Å². The molecule has 100 valence electrons. The van der Waals surface area contributed by atoms with Crippen LogP contribution in [0.25, 0.3) is 10.9 Å². The van der Waals surface area contributed by atoms with Crippen molar-refractivity contribution in [2.75, 3.05) is 0 Å². The standard InChI is InChI=1S/C14H16N2O3/c15-11(7-14(18)19)13(17)6-5-9-8-16-12-4-2-1-3-10(9)12/h1-4,8,11,16H,5-7,15H2,(H,18,19)/t11-/m0/s1. The van der Waals surface area contributed by atoms with Crippen molar-refractivity contribution in [2.24, 2.45) is 5.73 Å². The maximum atomic E-state index is 11.7. The van der Waals surface area contributed by atoms with Crippen molar-refractivity contribution in [2.45, 2.75) is 25.3 Å². The van der Waals surface area contributed by atoms with E-state index in [1.54, 1.807) is 0 Å². The number of aromatic nitrogens is 1. The molecule has 0 unspecified atom stereocenters. The first-order chi connectivity index (χ1) is 9.08. The Morgan fingerprint density at radius 1 is 1.32 bits per heavy atom. The Balaban J connectivity index is 1.99. The maximum Gasteiger partial charge on any atom is 0.305 e. The summed E-state index contributed by atoms with van der Waals surface area (Å²) in [5.74, 6) is -1.26. The van der Waals surface area contributed by atoms with Gasteiger partial charge in [-0.1, -0.05) is 18.2 Å². The zero-order valence-corrected chi connectivity index (χ0v) is 10.4. The molecule has 0 aliphatic carbocycles. The summed E-state index contributed by atoms with van der Waals surface area (Å²) in [4.78, 5) is 25.3. The lowest BCUT2D eigenvalue weighted by atomic mass is 10.0. The van der Waals surface area contributed by atoms with Crippen molar-refractivity contribution in [3.05, 3.63) is 36.0 Å². The number of H-pyrrole nitrogens is 1. The quantitative estimate of drug-likeness (QED) is 0.732. The summed E-state index contributed by atoms with van der Waals surface area (Å²) in [6.45, 7) is 0. The van der Waals surface area contributed by atoms with E-state index in [9.17, 15) is 9.59 Å². The first-order valence-corrected chi connectivity index (χ1v) is 6.13. The van der Waals surface area contributed by atoms with Gasteiger partial charge in [0.05, 0.1) is 12.5 Å². The van der Waals surface area contributed by atoms with E-state index in [1.807, 2.05) is 30.5 Å². The molecule has 1 heterocycles. The highest BCUT2D eigenvalue weighted by Crippen LogP contribution is 2.19. The molecule has 5 heteroatoms. The molecular formula is C14H16N2O3. The predicted molar refractivity (Wildman–Crippen MR) is 71.9 cm³/mol. The topological polar surface area (TPSA) is 96.2 Å². The Bertz CT molecular complexity index is 604. The first-order valence-electron chi connectivity index (χ1n) is 6.13. The maximum absolute atomic E-state index is 11.7. The Hall–Kier alpha value is -2.14. The van der Waals surface area contributed by atoms with Gasteiger partial charge in [0, 0.05) is 23.5 Å². The zero-order chi connectivity index (χ0) is 13.8. The number of aryl methyl sites for hydroxylation is 1. The van der Waals surface area contributed by atoms with E-state index in [0.717, 1.165) is 16.5 Å². The molecule has 1 atom stereocenters. The third kappa shape index (κ3) is 3.20. The molecule has 4 N–H and O–H groups in total. The van der Waals surface area contributed by atoms with E-state index in [0.29, 0.717) is 6.42 Å². The second-order valence-corrected chi connectivity index (χ2v) is 4.53. The van der Waals surface area contributed by atoms with Gasteiger partial charge in [-0.15, -0.1) is 0 Å². The fraction of sp³-hybridized carbons (Fsp3) is 0.286. The number of rotatable bonds is 6. The number of carbonyl (C=O) groups excluding carboxylic acids is 1. The molecule has 1 aromatic carbocycles. The van der Waals surface area contributed by atoms with E-state index in [2.05, 4.69) is 4.98 Å². The third-order valence-electron chi connectivity index (χ3n) is 3.12. The molecule has 0 fully saturated rings. The van der Waals surface area contributed by atoms with Crippen LogP contribution in [0.5, 0.6) is 0 Å². The number of fused-ring (bicyclic) bond motifs is 1. The van der Waals surface area contributed by atoms with Crippen molar-refractivity contribution >= 4 is 22.7 Å². The van der Waals surface area contributed by atoms with Gasteiger partial charge in [-0.2, -0.15) is 0 Å². The van der Waals surface area contributed by atoms with E-state index in [-0.39, 0.29) is 18.6 Å². The molecule has 0 radical (unpaired) electrons. The lowest BCUT2D eigenvalue weighted by molar-refractivity contribution is -0.139. The van der Waals surface area contributed by atoms with Crippen molar-refractivity contribution in [1.29, 1.82) is 0 Å². The summed E-state index contributed by atoms with van der Waals surface area (Å²) in [5.41, 5.74) is 7.61. The average Bonchev–Trinajstić information content (AvgIpc) is 2.78. The monoisotopic (exact) mass is 260 g/mol. The molecule has 0 saturated heterocycles. The van der Waals surface area contributed by atoms with Gasteiger partial charge in [0.25, 0.3) is 0 Å². The number of carboxylic acids is 1. The van der Waals surface area contributed by atoms with E-state index in [1.165, 1.54) is 0 Å². The molecule has 2 aromatic rings. The van der Waals surface area contributed by atoms with Gasteiger partial charge in [-0.3, -0.25) is 9.59 Å². The number of hydrogen-bond donors (Lipinski definition) is 3. The summed E-state index contributed by atoms with van der Waals surface area (Å²) in [5, 5.41) is 9.67. The Labute approximate surface area is 110 Å². The third-order valence-corrected chi connectivity index (χ3v) is 3.12. The fourth-order valence-corrected chi connectivity index (χ4v) is 2.08. The van der Waals surface area contributed by atoms with Gasteiger partial charge < -0.3 is 15.8 Å². The average molecular weight is 260 g/mol. The molecule has 0 amide bonds. The van der Waals surface area contributed by atoms with Crippen LogP contribution >= 0.6 is 0 Å². The van der Waals surface area contributed by atoms with Gasteiger partial charge >= 0.3 is 5.97 Å². The van der Waals surface area contributed by atoms with Crippen LogP contribution < -0.4 is 5.73 Å². The number of para-hydroxylation sites is 1. The summed E-state index contributed by atoms with van der Waals surface area (Å²) in [6.07, 6.45) is 2.39. The van der Waals surface area contributed by atoms with Gasteiger partial charge in [0.15, 0.2) is 0 Å². The molecule has 19 heavy (non-hydrogen) atoms. The van der Waals surface area contributed by atoms with Crippen LogP contribution in [-0.2, 0) is 16.0 Å².